The summed E-state index contributed by atoms with van der Waals surface area (Å²) in [6.45, 7) is 0. The van der Waals surface area contributed by atoms with Crippen molar-refractivity contribution in [2.24, 2.45) is 0 Å². The van der Waals surface area contributed by atoms with Gasteiger partial charge in [-0.05, 0) is 29.8 Å². The number of hydrogen-bond donors (Lipinski definition) is 2. The molecular weight excluding hydrogens is 214 g/mol. The molecule has 2 heterocycles. The van der Waals surface area contributed by atoms with Crippen LogP contribution in [0.2, 0.25) is 0 Å². The Morgan fingerprint density at radius 3 is 2.35 bits per heavy atom. The van der Waals surface area contributed by atoms with Gasteiger partial charge in [0, 0.05) is 17.4 Å². The molecule has 3 rings (SSSR count). The number of aromatic nitrogens is 3. The Hall–Kier alpha value is -2.56. The number of nitrogens with two attached hydrogens (primary N) is 2. The molecule has 0 aliphatic carbocycles. The lowest BCUT2D eigenvalue weighted by molar-refractivity contribution is 0.969. The van der Waals surface area contributed by atoms with Crippen LogP contribution in [0.25, 0.3) is 16.8 Å². The lowest BCUT2D eigenvalue weighted by Gasteiger charge is -2.02. The number of hydrogen-bond acceptors (Lipinski definition) is 4. The number of benzene rings is 1. The van der Waals surface area contributed by atoms with Crippen molar-refractivity contribution in [2.45, 2.75) is 0 Å². The average molecular weight is 225 g/mol. The minimum atomic E-state index is 0.277. The first-order valence-electron chi connectivity index (χ1n) is 5.20. The van der Waals surface area contributed by atoms with Crippen LogP contribution in [0.4, 0.5) is 11.6 Å². The van der Waals surface area contributed by atoms with Gasteiger partial charge in [0.1, 0.15) is 0 Å². The summed E-state index contributed by atoms with van der Waals surface area (Å²) in [4.78, 5) is 4.07. The minimum absolute atomic E-state index is 0.277. The van der Waals surface area contributed by atoms with Crippen LogP contribution < -0.4 is 11.5 Å². The maximum Gasteiger partial charge on any atom is 0.240 e. The largest absolute Gasteiger partial charge is 0.399 e. The zero-order chi connectivity index (χ0) is 11.8. The van der Waals surface area contributed by atoms with Gasteiger partial charge in [0.25, 0.3) is 0 Å². The molecule has 1 aromatic carbocycles. The van der Waals surface area contributed by atoms with Gasteiger partial charge in [0.15, 0.2) is 5.65 Å². The monoisotopic (exact) mass is 225 g/mol. The lowest BCUT2D eigenvalue weighted by atomic mass is 10.1. The Morgan fingerprint density at radius 1 is 0.882 bits per heavy atom. The zero-order valence-electron chi connectivity index (χ0n) is 9.04. The van der Waals surface area contributed by atoms with E-state index in [2.05, 4.69) is 10.1 Å². The first kappa shape index (κ1) is 9.65. The predicted octanol–water partition coefficient (Wildman–Crippen LogP) is 1.56. The standard InChI is InChI=1S/C12H11N5/c13-10-4-1-8(2-5-10)9-3-6-11-15-12(14)16-17(11)7-9/h1-7H,13H2,(H2,14,16). The number of pyridine rings is 1. The SMILES string of the molecule is Nc1ccc(-c2ccc3nc(N)nn3c2)cc1. The van der Waals surface area contributed by atoms with E-state index in [4.69, 9.17) is 11.5 Å². The topological polar surface area (TPSA) is 82.2 Å². The Balaban J connectivity index is 2.13. The van der Waals surface area contributed by atoms with E-state index in [0.29, 0.717) is 0 Å². The highest BCUT2D eigenvalue weighted by Gasteiger charge is 2.02. The molecule has 84 valence electrons. The third kappa shape index (κ3) is 1.67. The molecule has 0 radical (unpaired) electrons. The molecule has 2 aromatic heterocycles. The summed E-state index contributed by atoms with van der Waals surface area (Å²) in [6, 6.07) is 11.5. The van der Waals surface area contributed by atoms with Crippen molar-refractivity contribution in [3.05, 3.63) is 42.6 Å². The third-order valence-corrected chi connectivity index (χ3v) is 2.59. The van der Waals surface area contributed by atoms with Gasteiger partial charge < -0.3 is 11.5 Å². The molecule has 0 aliphatic rings. The molecule has 5 heteroatoms. The fourth-order valence-corrected chi connectivity index (χ4v) is 1.75. The zero-order valence-corrected chi connectivity index (χ0v) is 9.04. The molecule has 0 saturated heterocycles. The minimum Gasteiger partial charge on any atom is -0.399 e. The first-order chi connectivity index (χ1) is 8.22. The van der Waals surface area contributed by atoms with Gasteiger partial charge in [-0.3, -0.25) is 0 Å². The van der Waals surface area contributed by atoms with Crippen molar-refractivity contribution >= 4 is 17.3 Å². The van der Waals surface area contributed by atoms with Gasteiger partial charge in [0.05, 0.1) is 0 Å². The third-order valence-electron chi connectivity index (χ3n) is 2.59. The van der Waals surface area contributed by atoms with Crippen LogP contribution in [0, 0.1) is 0 Å². The molecule has 0 unspecified atom stereocenters. The van der Waals surface area contributed by atoms with Crippen LogP contribution in [0.3, 0.4) is 0 Å². The van der Waals surface area contributed by atoms with Crippen LogP contribution in [0.1, 0.15) is 0 Å². The van der Waals surface area contributed by atoms with Crippen molar-refractivity contribution in [3.63, 3.8) is 0 Å². The first-order valence-corrected chi connectivity index (χ1v) is 5.20. The summed E-state index contributed by atoms with van der Waals surface area (Å²) in [6.07, 6.45) is 1.89. The highest BCUT2D eigenvalue weighted by atomic mass is 15.3. The molecule has 0 bridgehead atoms. The second kappa shape index (κ2) is 3.48. The number of anilines is 2. The summed E-state index contributed by atoms with van der Waals surface area (Å²) >= 11 is 0. The van der Waals surface area contributed by atoms with Gasteiger partial charge >= 0.3 is 0 Å². The van der Waals surface area contributed by atoms with E-state index in [1.54, 1.807) is 4.52 Å². The molecule has 0 aliphatic heterocycles. The Bertz CT molecular complexity index is 669. The summed E-state index contributed by atoms with van der Waals surface area (Å²) in [7, 11) is 0. The van der Waals surface area contributed by atoms with Crippen molar-refractivity contribution in [1.82, 2.24) is 14.6 Å². The highest BCUT2D eigenvalue weighted by Crippen LogP contribution is 2.20. The number of nitrogen functional groups attached to an aromatic ring is 2. The quantitative estimate of drug-likeness (QED) is 0.616. The molecule has 0 amide bonds. The van der Waals surface area contributed by atoms with Crippen molar-refractivity contribution in [3.8, 4) is 11.1 Å². The van der Waals surface area contributed by atoms with Gasteiger partial charge in [-0.2, -0.15) is 4.98 Å². The molecule has 0 fully saturated rings. The molecule has 5 nitrogen and oxygen atoms in total. The molecular formula is C12H11N5. The van der Waals surface area contributed by atoms with E-state index >= 15 is 0 Å². The second-order valence-corrected chi connectivity index (χ2v) is 3.81. The molecule has 0 saturated carbocycles. The molecule has 0 atom stereocenters. The van der Waals surface area contributed by atoms with Crippen LogP contribution in [-0.2, 0) is 0 Å². The Labute approximate surface area is 97.7 Å². The maximum atomic E-state index is 5.65. The smallest absolute Gasteiger partial charge is 0.240 e. The predicted molar refractivity (Wildman–Crippen MR) is 67.2 cm³/mol. The second-order valence-electron chi connectivity index (χ2n) is 3.81. The summed E-state index contributed by atoms with van der Waals surface area (Å²) < 4.78 is 1.67. The summed E-state index contributed by atoms with van der Waals surface area (Å²) in [5.41, 5.74) is 14.8. The Kier molecular flexibility index (Phi) is 1.98. The van der Waals surface area contributed by atoms with E-state index < -0.39 is 0 Å². The van der Waals surface area contributed by atoms with Crippen LogP contribution in [-0.4, -0.2) is 14.6 Å². The normalized spacial score (nSPS) is 10.8. The molecule has 0 spiro atoms. The van der Waals surface area contributed by atoms with E-state index in [9.17, 15) is 0 Å². The van der Waals surface area contributed by atoms with Gasteiger partial charge in [-0.15, -0.1) is 5.10 Å². The van der Waals surface area contributed by atoms with Gasteiger partial charge in [-0.1, -0.05) is 12.1 Å². The van der Waals surface area contributed by atoms with Gasteiger partial charge in [0.2, 0.25) is 5.95 Å². The molecule has 4 N–H and O–H groups in total. The number of fused-ring (bicyclic) bond motifs is 1. The fraction of sp³-hybridized carbons (Fsp3) is 0. The van der Waals surface area contributed by atoms with E-state index in [0.717, 1.165) is 22.5 Å². The summed E-state index contributed by atoms with van der Waals surface area (Å²) in [5.74, 6) is 0.277. The fourth-order valence-electron chi connectivity index (χ4n) is 1.75. The van der Waals surface area contributed by atoms with E-state index in [1.165, 1.54) is 0 Å². The number of rotatable bonds is 1. The van der Waals surface area contributed by atoms with Crippen molar-refractivity contribution in [2.75, 3.05) is 11.5 Å². The summed E-state index contributed by atoms with van der Waals surface area (Å²) in [5, 5.41) is 4.08. The average Bonchev–Trinajstić information content (AvgIpc) is 2.69. The highest BCUT2D eigenvalue weighted by molar-refractivity contribution is 5.66. The van der Waals surface area contributed by atoms with Gasteiger partial charge in [-0.25, -0.2) is 4.52 Å². The number of nitrogens with zero attached hydrogens (tertiary/aromatic N) is 3. The van der Waals surface area contributed by atoms with E-state index in [1.807, 2.05) is 42.6 Å². The lowest BCUT2D eigenvalue weighted by Crippen LogP contribution is -1.90. The van der Waals surface area contributed by atoms with Crippen LogP contribution in [0.5, 0.6) is 0 Å². The van der Waals surface area contributed by atoms with Crippen molar-refractivity contribution < 1.29 is 0 Å². The van der Waals surface area contributed by atoms with E-state index in [-0.39, 0.29) is 5.95 Å². The van der Waals surface area contributed by atoms with Crippen LogP contribution >= 0.6 is 0 Å². The molecule has 3 aromatic rings. The maximum absolute atomic E-state index is 5.65. The van der Waals surface area contributed by atoms with Crippen LogP contribution in [0.15, 0.2) is 42.6 Å². The molecule has 17 heavy (non-hydrogen) atoms. The van der Waals surface area contributed by atoms with Crippen molar-refractivity contribution in [1.29, 1.82) is 0 Å². The Morgan fingerprint density at radius 2 is 1.59 bits per heavy atom.